The zero-order valence-electron chi connectivity index (χ0n) is 12.9. The van der Waals surface area contributed by atoms with Crippen molar-refractivity contribution < 1.29 is 0 Å². The van der Waals surface area contributed by atoms with Crippen molar-refractivity contribution in [3.8, 4) is 0 Å². The zero-order valence-corrected chi connectivity index (χ0v) is 12.9. The van der Waals surface area contributed by atoms with E-state index in [0.717, 1.165) is 13.0 Å². The second kappa shape index (κ2) is 5.88. The van der Waals surface area contributed by atoms with E-state index in [-0.39, 0.29) is 5.41 Å². The molecule has 0 aliphatic rings. The van der Waals surface area contributed by atoms with Crippen molar-refractivity contribution >= 4 is 0 Å². The fourth-order valence-electron chi connectivity index (χ4n) is 2.75. The molecule has 0 amide bonds. The maximum Gasteiger partial charge on any atom is -0.00771 e. The number of nitrogens with two attached hydrogens (primary N) is 1. The molecule has 0 aliphatic carbocycles. The van der Waals surface area contributed by atoms with Crippen LogP contribution in [0.15, 0.2) is 12.1 Å². The maximum atomic E-state index is 5.61. The summed E-state index contributed by atoms with van der Waals surface area (Å²) >= 11 is 0. The predicted octanol–water partition coefficient (Wildman–Crippen LogP) is 4.44. The normalized spacial score (nSPS) is 13.7. The molecule has 0 aliphatic heterocycles. The summed E-state index contributed by atoms with van der Waals surface area (Å²) in [6, 6.07) is 4.72. The van der Waals surface area contributed by atoms with Crippen LogP contribution in [0, 0.1) is 13.8 Å². The standard InChI is InChI=1S/C17H29N/c1-12(8-7-9-18)16-13(2)10-15(11-14(16)3)17(4,5)6/h10-12H,7-9,18H2,1-6H3. The van der Waals surface area contributed by atoms with E-state index in [0.29, 0.717) is 5.92 Å². The summed E-state index contributed by atoms with van der Waals surface area (Å²) in [5.41, 5.74) is 11.7. The van der Waals surface area contributed by atoms with Gasteiger partial charge in [0.15, 0.2) is 0 Å². The fourth-order valence-corrected chi connectivity index (χ4v) is 2.75. The molecule has 1 nitrogen and oxygen atoms in total. The monoisotopic (exact) mass is 247 g/mol. The molecular weight excluding hydrogens is 218 g/mol. The van der Waals surface area contributed by atoms with Crippen molar-refractivity contribution in [2.24, 2.45) is 5.73 Å². The summed E-state index contributed by atoms with van der Waals surface area (Å²) < 4.78 is 0. The van der Waals surface area contributed by atoms with Gasteiger partial charge in [0.1, 0.15) is 0 Å². The van der Waals surface area contributed by atoms with Gasteiger partial charge >= 0.3 is 0 Å². The lowest BCUT2D eigenvalue weighted by Crippen LogP contribution is -2.13. The highest BCUT2D eigenvalue weighted by atomic mass is 14.5. The quantitative estimate of drug-likeness (QED) is 0.836. The number of rotatable bonds is 4. The summed E-state index contributed by atoms with van der Waals surface area (Å²) in [4.78, 5) is 0. The largest absolute Gasteiger partial charge is 0.330 e. The Morgan fingerprint density at radius 2 is 1.61 bits per heavy atom. The Balaban J connectivity index is 3.09. The molecule has 1 unspecified atom stereocenters. The van der Waals surface area contributed by atoms with Crippen molar-refractivity contribution in [3.05, 3.63) is 34.4 Å². The zero-order chi connectivity index (χ0) is 13.9. The van der Waals surface area contributed by atoms with Crippen LogP contribution in [-0.2, 0) is 5.41 Å². The lowest BCUT2D eigenvalue weighted by atomic mass is 9.81. The molecule has 0 aromatic heterocycles. The van der Waals surface area contributed by atoms with E-state index in [1.165, 1.54) is 28.7 Å². The molecule has 0 bridgehead atoms. The Kier molecular flexibility index (Phi) is 4.98. The van der Waals surface area contributed by atoms with Crippen LogP contribution in [0.3, 0.4) is 0 Å². The second-order valence-corrected chi connectivity index (χ2v) is 6.61. The molecule has 1 heteroatoms. The Morgan fingerprint density at radius 1 is 1.11 bits per heavy atom. The third-order valence-electron chi connectivity index (χ3n) is 3.79. The molecule has 0 radical (unpaired) electrons. The van der Waals surface area contributed by atoms with Crippen molar-refractivity contribution in [3.63, 3.8) is 0 Å². The van der Waals surface area contributed by atoms with Crippen LogP contribution in [0.1, 0.15) is 68.7 Å². The highest BCUT2D eigenvalue weighted by Crippen LogP contribution is 2.32. The first kappa shape index (κ1) is 15.2. The lowest BCUT2D eigenvalue weighted by Gasteiger charge is -2.24. The van der Waals surface area contributed by atoms with Crippen LogP contribution in [-0.4, -0.2) is 6.54 Å². The van der Waals surface area contributed by atoms with E-state index < -0.39 is 0 Å². The van der Waals surface area contributed by atoms with Gasteiger partial charge in [0, 0.05) is 0 Å². The number of hydrogen-bond acceptors (Lipinski definition) is 1. The highest BCUT2D eigenvalue weighted by molar-refractivity contribution is 5.42. The van der Waals surface area contributed by atoms with Gasteiger partial charge in [-0.15, -0.1) is 0 Å². The van der Waals surface area contributed by atoms with Crippen molar-refractivity contribution in [2.75, 3.05) is 6.54 Å². The van der Waals surface area contributed by atoms with Gasteiger partial charge in [0.2, 0.25) is 0 Å². The molecule has 1 aromatic rings. The van der Waals surface area contributed by atoms with Gasteiger partial charge in [-0.2, -0.15) is 0 Å². The van der Waals surface area contributed by atoms with E-state index in [1.54, 1.807) is 0 Å². The third kappa shape index (κ3) is 3.58. The number of hydrogen-bond donors (Lipinski definition) is 1. The molecule has 102 valence electrons. The third-order valence-corrected chi connectivity index (χ3v) is 3.79. The van der Waals surface area contributed by atoms with Gasteiger partial charge in [-0.25, -0.2) is 0 Å². The second-order valence-electron chi connectivity index (χ2n) is 6.61. The molecule has 0 fully saturated rings. The van der Waals surface area contributed by atoms with Crippen LogP contribution in [0.4, 0.5) is 0 Å². The number of aryl methyl sites for hydroxylation is 2. The van der Waals surface area contributed by atoms with Crippen LogP contribution < -0.4 is 5.73 Å². The maximum absolute atomic E-state index is 5.61. The molecule has 2 N–H and O–H groups in total. The van der Waals surface area contributed by atoms with E-state index in [9.17, 15) is 0 Å². The van der Waals surface area contributed by atoms with E-state index in [4.69, 9.17) is 5.73 Å². The molecular formula is C17H29N. The Bertz CT molecular complexity index is 376. The van der Waals surface area contributed by atoms with Crippen LogP contribution in [0.2, 0.25) is 0 Å². The summed E-state index contributed by atoms with van der Waals surface area (Å²) in [6.45, 7) is 14.4. The van der Waals surface area contributed by atoms with E-state index in [2.05, 4.69) is 53.7 Å². The Hall–Kier alpha value is -0.820. The van der Waals surface area contributed by atoms with Gasteiger partial charge in [-0.3, -0.25) is 0 Å². The van der Waals surface area contributed by atoms with Crippen molar-refractivity contribution in [1.29, 1.82) is 0 Å². The first-order valence-electron chi connectivity index (χ1n) is 7.09. The Labute approximate surface area is 113 Å². The molecule has 1 aromatic carbocycles. The van der Waals surface area contributed by atoms with Gasteiger partial charge in [0.05, 0.1) is 0 Å². The minimum absolute atomic E-state index is 0.231. The SMILES string of the molecule is Cc1cc(C(C)(C)C)cc(C)c1C(C)CCCN. The molecule has 18 heavy (non-hydrogen) atoms. The summed E-state index contributed by atoms with van der Waals surface area (Å²) in [7, 11) is 0. The first-order valence-corrected chi connectivity index (χ1v) is 7.09. The predicted molar refractivity (Wildman–Crippen MR) is 81.3 cm³/mol. The number of benzene rings is 1. The van der Waals surface area contributed by atoms with E-state index in [1.807, 2.05) is 0 Å². The fraction of sp³-hybridized carbons (Fsp3) is 0.647. The van der Waals surface area contributed by atoms with Crippen LogP contribution >= 0.6 is 0 Å². The summed E-state index contributed by atoms with van der Waals surface area (Å²) in [5.74, 6) is 0.613. The summed E-state index contributed by atoms with van der Waals surface area (Å²) in [6.07, 6.45) is 2.30. The first-order chi connectivity index (χ1) is 8.27. The van der Waals surface area contributed by atoms with Gasteiger partial charge in [-0.05, 0) is 66.8 Å². The van der Waals surface area contributed by atoms with Crippen LogP contribution in [0.25, 0.3) is 0 Å². The highest BCUT2D eigenvalue weighted by Gasteiger charge is 2.18. The smallest absolute Gasteiger partial charge is 0.00771 e. The average Bonchev–Trinajstić information content (AvgIpc) is 2.24. The molecule has 0 heterocycles. The minimum atomic E-state index is 0.231. The van der Waals surface area contributed by atoms with Gasteiger partial charge in [-0.1, -0.05) is 39.8 Å². The average molecular weight is 247 g/mol. The van der Waals surface area contributed by atoms with Crippen molar-refractivity contribution in [2.45, 2.75) is 65.7 Å². The molecule has 0 spiro atoms. The molecule has 0 saturated carbocycles. The Morgan fingerprint density at radius 3 is 2.00 bits per heavy atom. The lowest BCUT2D eigenvalue weighted by molar-refractivity contribution is 0.586. The van der Waals surface area contributed by atoms with Crippen molar-refractivity contribution in [1.82, 2.24) is 0 Å². The minimum Gasteiger partial charge on any atom is -0.330 e. The topological polar surface area (TPSA) is 26.0 Å². The molecule has 1 atom stereocenters. The molecule has 0 saturated heterocycles. The molecule has 1 rings (SSSR count). The summed E-state index contributed by atoms with van der Waals surface area (Å²) in [5, 5.41) is 0. The van der Waals surface area contributed by atoms with Gasteiger partial charge < -0.3 is 5.73 Å². The van der Waals surface area contributed by atoms with Gasteiger partial charge in [0.25, 0.3) is 0 Å². The van der Waals surface area contributed by atoms with Crippen LogP contribution in [0.5, 0.6) is 0 Å². The van der Waals surface area contributed by atoms with E-state index >= 15 is 0 Å².